The highest BCUT2D eigenvalue weighted by Gasteiger charge is 2.37. The van der Waals surface area contributed by atoms with Crippen molar-refractivity contribution in [3.05, 3.63) is 12.3 Å². The Bertz CT molecular complexity index is 503. The van der Waals surface area contributed by atoms with Crippen molar-refractivity contribution in [3.63, 3.8) is 0 Å². The molecule has 3 amide bonds. The molecule has 0 saturated carbocycles. The molecule has 104 valence electrons. The van der Waals surface area contributed by atoms with E-state index >= 15 is 0 Å². The number of anilines is 1. The second kappa shape index (κ2) is 4.56. The number of ether oxygens (including phenoxy) is 1. The van der Waals surface area contributed by atoms with Gasteiger partial charge in [-0.2, -0.15) is 5.10 Å². The second-order valence-corrected chi connectivity index (χ2v) is 5.41. The van der Waals surface area contributed by atoms with E-state index < -0.39 is 17.7 Å². The average Bonchev–Trinajstić information content (AvgIpc) is 2.82. The number of carbonyl (C=O) groups excluding carboxylic acids is 2. The lowest BCUT2D eigenvalue weighted by molar-refractivity contribution is 0.0354. The normalized spacial score (nSPS) is 16.1. The molecular weight excluding hydrogens is 248 g/mol. The standard InChI is InChI=1S/C12H18N4O3/c1-12(2,3)19-11(18)16-8-7-15(10(16)17)9-5-6-14(4)13-9/h5-6H,7-8H2,1-4H3. The van der Waals surface area contributed by atoms with Gasteiger partial charge >= 0.3 is 12.1 Å². The Kier molecular flexibility index (Phi) is 3.21. The Balaban J connectivity index is 2.08. The molecule has 0 unspecified atom stereocenters. The van der Waals surface area contributed by atoms with Crippen LogP contribution in [0.3, 0.4) is 0 Å². The van der Waals surface area contributed by atoms with Gasteiger partial charge in [-0.1, -0.05) is 0 Å². The van der Waals surface area contributed by atoms with Crippen molar-refractivity contribution in [1.29, 1.82) is 0 Å². The summed E-state index contributed by atoms with van der Waals surface area (Å²) < 4.78 is 6.81. The largest absolute Gasteiger partial charge is 0.443 e. The number of aryl methyl sites for hydroxylation is 1. The molecule has 0 bridgehead atoms. The Hall–Kier alpha value is -2.05. The zero-order valence-electron chi connectivity index (χ0n) is 11.6. The van der Waals surface area contributed by atoms with Crippen molar-refractivity contribution in [2.45, 2.75) is 26.4 Å². The van der Waals surface area contributed by atoms with Crippen molar-refractivity contribution in [2.75, 3.05) is 18.0 Å². The summed E-state index contributed by atoms with van der Waals surface area (Å²) >= 11 is 0. The number of urea groups is 1. The molecule has 2 heterocycles. The molecule has 0 spiro atoms. The number of carbonyl (C=O) groups is 2. The number of rotatable bonds is 1. The summed E-state index contributed by atoms with van der Waals surface area (Å²) in [7, 11) is 1.77. The molecule has 19 heavy (non-hydrogen) atoms. The maximum Gasteiger partial charge on any atom is 0.418 e. The minimum atomic E-state index is -0.615. The predicted octanol–water partition coefficient (Wildman–Crippen LogP) is 1.60. The zero-order valence-corrected chi connectivity index (χ0v) is 11.6. The van der Waals surface area contributed by atoms with E-state index in [4.69, 9.17) is 4.74 Å². The molecule has 0 aromatic carbocycles. The summed E-state index contributed by atoms with van der Waals surface area (Å²) in [6, 6.07) is 1.34. The molecule has 1 saturated heterocycles. The van der Waals surface area contributed by atoms with Crippen molar-refractivity contribution in [1.82, 2.24) is 14.7 Å². The first-order valence-corrected chi connectivity index (χ1v) is 6.09. The van der Waals surface area contributed by atoms with E-state index in [0.717, 1.165) is 4.90 Å². The van der Waals surface area contributed by atoms with Gasteiger partial charge in [0.25, 0.3) is 0 Å². The number of amides is 3. The number of hydrogen-bond donors (Lipinski definition) is 0. The lowest BCUT2D eigenvalue weighted by Crippen LogP contribution is -2.40. The second-order valence-electron chi connectivity index (χ2n) is 5.41. The fourth-order valence-corrected chi connectivity index (χ4v) is 1.78. The maximum atomic E-state index is 12.1. The molecule has 1 aromatic rings. The summed E-state index contributed by atoms with van der Waals surface area (Å²) in [5.74, 6) is 0.540. The third kappa shape index (κ3) is 2.86. The summed E-state index contributed by atoms with van der Waals surface area (Å²) in [5, 5.41) is 4.15. The third-order valence-corrected chi connectivity index (χ3v) is 2.60. The Morgan fingerprint density at radius 2 is 2.05 bits per heavy atom. The minimum absolute atomic E-state index is 0.310. The van der Waals surface area contributed by atoms with Crippen molar-refractivity contribution in [2.24, 2.45) is 7.05 Å². The SMILES string of the molecule is Cn1ccc(N2CCN(C(=O)OC(C)(C)C)C2=O)n1. The number of aromatic nitrogens is 2. The first kappa shape index (κ1) is 13.4. The lowest BCUT2D eigenvalue weighted by atomic mass is 10.2. The van der Waals surface area contributed by atoms with Gasteiger partial charge in [0.15, 0.2) is 5.82 Å². The minimum Gasteiger partial charge on any atom is -0.443 e. The van der Waals surface area contributed by atoms with Crippen LogP contribution in [-0.2, 0) is 11.8 Å². The van der Waals surface area contributed by atoms with Gasteiger partial charge in [0.05, 0.1) is 6.54 Å². The number of nitrogens with zero attached hydrogens (tertiary/aromatic N) is 4. The van der Waals surface area contributed by atoms with Crippen LogP contribution >= 0.6 is 0 Å². The number of hydrogen-bond acceptors (Lipinski definition) is 4. The van der Waals surface area contributed by atoms with Gasteiger partial charge in [0, 0.05) is 25.9 Å². The maximum absolute atomic E-state index is 12.1. The van der Waals surface area contributed by atoms with E-state index in [1.807, 2.05) is 0 Å². The van der Waals surface area contributed by atoms with Crippen LogP contribution < -0.4 is 4.90 Å². The van der Waals surface area contributed by atoms with Crippen molar-refractivity contribution < 1.29 is 14.3 Å². The molecule has 0 aliphatic carbocycles. The number of imide groups is 1. The molecule has 0 N–H and O–H groups in total. The average molecular weight is 266 g/mol. The molecule has 7 heteroatoms. The molecule has 1 fully saturated rings. The monoisotopic (exact) mass is 266 g/mol. The molecule has 2 rings (SSSR count). The zero-order chi connectivity index (χ0) is 14.2. The van der Waals surface area contributed by atoms with E-state index in [0.29, 0.717) is 18.9 Å². The first-order valence-electron chi connectivity index (χ1n) is 6.09. The molecule has 7 nitrogen and oxygen atoms in total. The summed E-state index contributed by atoms with van der Waals surface area (Å²) in [6.45, 7) is 6.03. The van der Waals surface area contributed by atoms with Crippen LogP contribution in [0.2, 0.25) is 0 Å². The highest BCUT2D eigenvalue weighted by Crippen LogP contribution is 2.20. The van der Waals surface area contributed by atoms with E-state index in [2.05, 4.69) is 5.10 Å². The summed E-state index contributed by atoms with van der Waals surface area (Å²) in [4.78, 5) is 26.6. The van der Waals surface area contributed by atoms with Gasteiger partial charge in [-0.05, 0) is 20.8 Å². The Morgan fingerprint density at radius 1 is 1.37 bits per heavy atom. The molecule has 1 aliphatic rings. The molecule has 0 radical (unpaired) electrons. The van der Waals surface area contributed by atoms with Crippen LogP contribution in [0.5, 0.6) is 0 Å². The quantitative estimate of drug-likeness (QED) is 0.774. The van der Waals surface area contributed by atoms with Gasteiger partial charge in [0.1, 0.15) is 5.60 Å². The molecule has 1 aliphatic heterocycles. The van der Waals surface area contributed by atoms with Crippen LogP contribution in [0, 0.1) is 0 Å². The van der Waals surface area contributed by atoms with Gasteiger partial charge in [-0.15, -0.1) is 0 Å². The first-order chi connectivity index (χ1) is 8.78. The van der Waals surface area contributed by atoms with Crippen molar-refractivity contribution in [3.8, 4) is 0 Å². The Morgan fingerprint density at radius 3 is 2.58 bits per heavy atom. The van der Waals surface area contributed by atoms with E-state index in [1.54, 1.807) is 44.8 Å². The molecule has 0 atom stereocenters. The van der Waals surface area contributed by atoms with E-state index in [1.165, 1.54) is 4.90 Å². The Labute approximate surface area is 111 Å². The molecular formula is C12H18N4O3. The van der Waals surface area contributed by atoms with Gasteiger partial charge in [0.2, 0.25) is 0 Å². The fourth-order valence-electron chi connectivity index (χ4n) is 1.78. The molecule has 1 aromatic heterocycles. The summed E-state index contributed by atoms with van der Waals surface area (Å²) in [5.41, 5.74) is -0.615. The highest BCUT2D eigenvalue weighted by atomic mass is 16.6. The van der Waals surface area contributed by atoms with Gasteiger partial charge < -0.3 is 4.74 Å². The highest BCUT2D eigenvalue weighted by molar-refractivity contribution is 6.02. The van der Waals surface area contributed by atoms with Crippen LogP contribution in [0.1, 0.15) is 20.8 Å². The van der Waals surface area contributed by atoms with E-state index in [9.17, 15) is 9.59 Å². The van der Waals surface area contributed by atoms with Crippen LogP contribution in [-0.4, -0.2) is 45.5 Å². The van der Waals surface area contributed by atoms with Crippen LogP contribution in [0.4, 0.5) is 15.4 Å². The van der Waals surface area contributed by atoms with Crippen molar-refractivity contribution >= 4 is 17.9 Å². The topological polar surface area (TPSA) is 67.7 Å². The predicted molar refractivity (Wildman–Crippen MR) is 68.9 cm³/mol. The smallest absolute Gasteiger partial charge is 0.418 e. The third-order valence-electron chi connectivity index (χ3n) is 2.60. The van der Waals surface area contributed by atoms with Gasteiger partial charge in [-0.25, -0.2) is 14.5 Å². The van der Waals surface area contributed by atoms with E-state index in [-0.39, 0.29) is 0 Å². The van der Waals surface area contributed by atoms with Crippen LogP contribution in [0.15, 0.2) is 12.3 Å². The summed E-state index contributed by atoms with van der Waals surface area (Å²) in [6.07, 6.45) is 1.13. The van der Waals surface area contributed by atoms with Crippen LogP contribution in [0.25, 0.3) is 0 Å². The lowest BCUT2D eigenvalue weighted by Gasteiger charge is -2.23. The fraction of sp³-hybridized carbons (Fsp3) is 0.583. The van der Waals surface area contributed by atoms with Gasteiger partial charge in [-0.3, -0.25) is 9.58 Å².